The summed E-state index contributed by atoms with van der Waals surface area (Å²) in [4.78, 5) is 25.4. The number of carbonyl (C=O) groups excluding carboxylic acids is 1. The SMILES string of the molecule is CC(C)(C)OC(=O)N1C[C@@H](NC2CCC(F)(F)CC2)C[C@@]1(C)C(=O)O. The fraction of sp³-hybridized carbons (Fsp3) is 0.882. The minimum Gasteiger partial charge on any atom is -0.480 e. The lowest BCUT2D eigenvalue weighted by molar-refractivity contribution is -0.148. The van der Waals surface area contributed by atoms with Crippen molar-refractivity contribution in [3.8, 4) is 0 Å². The maximum absolute atomic E-state index is 13.3. The molecule has 0 spiro atoms. The molecule has 6 nitrogen and oxygen atoms in total. The number of aliphatic carboxylic acids is 1. The zero-order valence-corrected chi connectivity index (χ0v) is 15.3. The first-order valence-corrected chi connectivity index (χ1v) is 8.70. The third kappa shape index (κ3) is 4.80. The van der Waals surface area contributed by atoms with Crippen LogP contribution in [0, 0.1) is 0 Å². The Balaban J connectivity index is 2.04. The Bertz CT molecular complexity index is 525. The van der Waals surface area contributed by atoms with Gasteiger partial charge in [0, 0.05) is 31.5 Å². The van der Waals surface area contributed by atoms with Crippen LogP contribution in [0.3, 0.4) is 0 Å². The van der Waals surface area contributed by atoms with Gasteiger partial charge in [-0.2, -0.15) is 0 Å². The Morgan fingerprint density at radius 1 is 1.20 bits per heavy atom. The quantitative estimate of drug-likeness (QED) is 0.807. The van der Waals surface area contributed by atoms with E-state index in [2.05, 4.69) is 5.32 Å². The maximum atomic E-state index is 13.3. The van der Waals surface area contributed by atoms with Crippen LogP contribution in [-0.2, 0) is 9.53 Å². The molecule has 2 atom stereocenters. The summed E-state index contributed by atoms with van der Waals surface area (Å²) in [6.07, 6.45) is -0.0856. The second-order valence-corrected chi connectivity index (χ2v) is 8.37. The first-order valence-electron chi connectivity index (χ1n) is 8.70. The highest BCUT2D eigenvalue weighted by atomic mass is 19.3. The van der Waals surface area contributed by atoms with E-state index >= 15 is 0 Å². The van der Waals surface area contributed by atoms with Crippen molar-refractivity contribution in [1.82, 2.24) is 10.2 Å². The Labute approximate surface area is 146 Å². The Morgan fingerprint density at radius 2 is 1.76 bits per heavy atom. The van der Waals surface area contributed by atoms with Crippen LogP contribution >= 0.6 is 0 Å². The minimum absolute atomic E-state index is 0.0822. The molecule has 1 aliphatic heterocycles. The number of carbonyl (C=O) groups is 2. The van der Waals surface area contributed by atoms with E-state index in [4.69, 9.17) is 4.74 Å². The first kappa shape index (κ1) is 19.9. The highest BCUT2D eigenvalue weighted by Crippen LogP contribution is 2.35. The predicted molar refractivity (Wildman–Crippen MR) is 87.7 cm³/mol. The molecule has 1 heterocycles. The second kappa shape index (κ2) is 6.70. The van der Waals surface area contributed by atoms with Crippen molar-refractivity contribution in [3.63, 3.8) is 0 Å². The van der Waals surface area contributed by atoms with Gasteiger partial charge >= 0.3 is 12.1 Å². The number of hydrogen-bond acceptors (Lipinski definition) is 4. The highest BCUT2D eigenvalue weighted by Gasteiger charge is 2.52. The average Bonchev–Trinajstić information content (AvgIpc) is 2.78. The molecule has 0 bridgehead atoms. The average molecular weight is 362 g/mol. The van der Waals surface area contributed by atoms with Crippen LogP contribution in [0.25, 0.3) is 0 Å². The molecule has 1 amide bonds. The number of halogens is 2. The van der Waals surface area contributed by atoms with E-state index in [0.717, 1.165) is 0 Å². The van der Waals surface area contributed by atoms with Gasteiger partial charge in [0.1, 0.15) is 11.1 Å². The van der Waals surface area contributed by atoms with E-state index in [1.165, 1.54) is 11.8 Å². The fourth-order valence-corrected chi connectivity index (χ4v) is 3.52. The van der Waals surface area contributed by atoms with Crippen LogP contribution in [-0.4, -0.2) is 57.8 Å². The predicted octanol–water partition coefficient (Wildman–Crippen LogP) is 3.01. The molecule has 0 aromatic heterocycles. The molecule has 2 fully saturated rings. The molecule has 0 aromatic rings. The van der Waals surface area contributed by atoms with Crippen molar-refractivity contribution < 1.29 is 28.2 Å². The first-order chi connectivity index (χ1) is 11.3. The summed E-state index contributed by atoms with van der Waals surface area (Å²) >= 11 is 0. The molecule has 2 aliphatic rings. The van der Waals surface area contributed by atoms with Gasteiger partial charge in [-0.05, 0) is 47.0 Å². The van der Waals surface area contributed by atoms with Crippen LogP contribution in [0.1, 0.15) is 59.8 Å². The molecule has 144 valence electrons. The summed E-state index contributed by atoms with van der Waals surface area (Å²) in [6.45, 7) is 6.84. The normalized spacial score (nSPS) is 30.3. The number of alkyl halides is 2. The van der Waals surface area contributed by atoms with Crippen molar-refractivity contribution in [2.75, 3.05) is 6.54 Å². The zero-order valence-electron chi connectivity index (χ0n) is 15.3. The third-order valence-electron chi connectivity index (χ3n) is 4.91. The number of amides is 1. The van der Waals surface area contributed by atoms with Crippen LogP contribution < -0.4 is 5.32 Å². The van der Waals surface area contributed by atoms with E-state index in [9.17, 15) is 23.5 Å². The summed E-state index contributed by atoms with van der Waals surface area (Å²) in [5.74, 6) is -3.70. The smallest absolute Gasteiger partial charge is 0.411 e. The molecule has 2 N–H and O–H groups in total. The van der Waals surface area contributed by atoms with Gasteiger partial charge in [-0.15, -0.1) is 0 Å². The molecule has 1 saturated carbocycles. The van der Waals surface area contributed by atoms with Gasteiger partial charge in [0.15, 0.2) is 0 Å². The summed E-state index contributed by atoms with van der Waals surface area (Å²) in [5, 5.41) is 12.9. The number of likely N-dealkylation sites (tertiary alicyclic amines) is 1. The molecular formula is C17H28F2N2O4. The summed E-state index contributed by atoms with van der Waals surface area (Å²) in [5.41, 5.74) is -2.10. The van der Waals surface area contributed by atoms with Gasteiger partial charge in [0.2, 0.25) is 5.92 Å². The lowest BCUT2D eigenvalue weighted by atomic mass is 9.91. The van der Waals surface area contributed by atoms with Crippen LogP contribution in [0.15, 0.2) is 0 Å². The number of carboxylic acids is 1. The number of rotatable bonds is 3. The Hall–Kier alpha value is -1.44. The van der Waals surface area contributed by atoms with Crippen molar-refractivity contribution in [3.05, 3.63) is 0 Å². The van der Waals surface area contributed by atoms with Crippen molar-refractivity contribution in [2.45, 2.75) is 88.9 Å². The standard InChI is InChI=1S/C17H28F2N2O4/c1-15(2,3)25-14(24)21-10-12(9-16(21,4)13(22)23)20-11-5-7-17(18,19)8-6-11/h11-12,20H,5-10H2,1-4H3,(H,22,23)/t12-,16-/m0/s1. The lowest BCUT2D eigenvalue weighted by Crippen LogP contribution is -2.52. The minimum atomic E-state index is -2.61. The van der Waals surface area contributed by atoms with Crippen LogP contribution in [0.4, 0.5) is 13.6 Å². The zero-order chi connectivity index (χ0) is 19.0. The number of carboxylic acid groups (broad SMARTS) is 1. The molecule has 0 aromatic carbocycles. The van der Waals surface area contributed by atoms with Crippen molar-refractivity contribution in [2.24, 2.45) is 0 Å². The van der Waals surface area contributed by atoms with E-state index in [1.54, 1.807) is 20.8 Å². The van der Waals surface area contributed by atoms with Gasteiger partial charge in [0.25, 0.3) is 0 Å². The number of hydrogen-bond donors (Lipinski definition) is 2. The monoisotopic (exact) mass is 362 g/mol. The molecule has 1 aliphatic carbocycles. The topological polar surface area (TPSA) is 78.9 Å². The molecule has 25 heavy (non-hydrogen) atoms. The van der Waals surface area contributed by atoms with Gasteiger partial charge in [0.05, 0.1) is 0 Å². The Kier molecular flexibility index (Phi) is 5.33. The largest absolute Gasteiger partial charge is 0.480 e. The second-order valence-electron chi connectivity index (χ2n) is 8.37. The summed E-state index contributed by atoms with van der Waals surface area (Å²) in [6, 6.07) is -0.341. The molecule has 0 radical (unpaired) electrons. The molecular weight excluding hydrogens is 334 g/mol. The van der Waals surface area contributed by atoms with Crippen LogP contribution in [0.2, 0.25) is 0 Å². The molecule has 1 saturated heterocycles. The van der Waals surface area contributed by atoms with Crippen LogP contribution in [0.5, 0.6) is 0 Å². The van der Waals surface area contributed by atoms with E-state index in [-0.39, 0.29) is 37.9 Å². The number of nitrogens with one attached hydrogen (secondary N) is 1. The van der Waals surface area contributed by atoms with Crippen molar-refractivity contribution in [1.29, 1.82) is 0 Å². The van der Waals surface area contributed by atoms with E-state index in [0.29, 0.717) is 12.8 Å². The summed E-state index contributed by atoms with van der Waals surface area (Å²) < 4.78 is 31.9. The molecule has 0 unspecified atom stereocenters. The van der Waals surface area contributed by atoms with E-state index < -0.39 is 29.1 Å². The highest BCUT2D eigenvalue weighted by molar-refractivity contribution is 5.85. The number of nitrogens with zero attached hydrogens (tertiary/aromatic N) is 1. The van der Waals surface area contributed by atoms with Crippen molar-refractivity contribution >= 4 is 12.1 Å². The third-order valence-corrected chi connectivity index (χ3v) is 4.91. The lowest BCUT2D eigenvalue weighted by Gasteiger charge is -2.32. The molecule has 2 rings (SSSR count). The molecule has 8 heteroatoms. The fourth-order valence-electron chi connectivity index (χ4n) is 3.52. The van der Waals surface area contributed by atoms with Gasteiger partial charge in [-0.1, -0.05) is 0 Å². The van der Waals surface area contributed by atoms with Gasteiger partial charge in [-0.3, -0.25) is 4.90 Å². The number of ether oxygens (including phenoxy) is 1. The Morgan fingerprint density at radius 3 is 2.24 bits per heavy atom. The maximum Gasteiger partial charge on any atom is 0.411 e. The van der Waals surface area contributed by atoms with Gasteiger partial charge < -0.3 is 15.2 Å². The van der Waals surface area contributed by atoms with Gasteiger partial charge in [-0.25, -0.2) is 18.4 Å². The summed E-state index contributed by atoms with van der Waals surface area (Å²) in [7, 11) is 0. The van der Waals surface area contributed by atoms with E-state index in [1.807, 2.05) is 0 Å².